The zero-order valence-corrected chi connectivity index (χ0v) is 14.3. The Hall–Kier alpha value is -3.58. The lowest BCUT2D eigenvalue weighted by atomic mass is 9.93. The van der Waals surface area contributed by atoms with Crippen molar-refractivity contribution in [1.82, 2.24) is 9.88 Å². The van der Waals surface area contributed by atoms with Gasteiger partial charge >= 0.3 is 0 Å². The van der Waals surface area contributed by atoms with Gasteiger partial charge in [0.2, 0.25) is 0 Å². The van der Waals surface area contributed by atoms with Crippen LogP contribution in [0.25, 0.3) is 10.8 Å². The molecule has 0 radical (unpaired) electrons. The second-order valence-electron chi connectivity index (χ2n) is 6.00. The van der Waals surface area contributed by atoms with E-state index in [1.54, 1.807) is 36.7 Å². The largest absolute Gasteiger partial charge is 0.395 e. The van der Waals surface area contributed by atoms with Gasteiger partial charge in [0.25, 0.3) is 11.8 Å². The number of aromatic nitrogens is 1. The number of imide groups is 1. The summed E-state index contributed by atoms with van der Waals surface area (Å²) in [7, 11) is 0. The first-order valence-corrected chi connectivity index (χ1v) is 8.43. The number of hydrogen-bond acceptors (Lipinski definition) is 6. The molecular weight excluding hydrogens is 344 g/mol. The molecule has 2 N–H and O–H groups in total. The van der Waals surface area contributed by atoms with Gasteiger partial charge in [-0.25, -0.2) is 0 Å². The molecule has 2 heterocycles. The van der Waals surface area contributed by atoms with Crippen LogP contribution in [0.5, 0.6) is 0 Å². The Morgan fingerprint density at radius 3 is 2.59 bits per heavy atom. The summed E-state index contributed by atoms with van der Waals surface area (Å²) in [6.45, 7) is -0.299. The molecule has 3 aromatic rings. The molecule has 0 fully saturated rings. The number of hydrogen-bond donors (Lipinski definition) is 2. The lowest BCUT2D eigenvalue weighted by Gasteiger charge is -2.27. The fourth-order valence-electron chi connectivity index (χ4n) is 3.17. The van der Waals surface area contributed by atoms with Gasteiger partial charge in [0.1, 0.15) is 0 Å². The van der Waals surface area contributed by atoms with Gasteiger partial charge in [-0.3, -0.25) is 24.9 Å². The van der Waals surface area contributed by atoms with Crippen LogP contribution in [0, 0.1) is 0 Å². The summed E-state index contributed by atoms with van der Waals surface area (Å²) >= 11 is 0. The number of anilines is 1. The lowest BCUT2D eigenvalue weighted by molar-refractivity contribution is 0.0580. The van der Waals surface area contributed by atoms with E-state index in [0.29, 0.717) is 27.9 Å². The number of benzene rings is 2. The normalized spacial score (nSPS) is 13.6. The molecule has 1 aliphatic heterocycles. The molecule has 134 valence electrons. The minimum Gasteiger partial charge on any atom is -0.395 e. The molecule has 1 aromatic heterocycles. The Morgan fingerprint density at radius 1 is 1.04 bits per heavy atom. The van der Waals surface area contributed by atoms with Gasteiger partial charge in [-0.05, 0) is 30.3 Å². The maximum absolute atomic E-state index is 12.6. The number of nitrogens with zero attached hydrogens (tertiary/aromatic N) is 3. The molecular formula is C20H16N4O3. The second kappa shape index (κ2) is 6.97. The van der Waals surface area contributed by atoms with Crippen molar-refractivity contribution in [3.8, 4) is 0 Å². The standard InChI is InChI=1S/C20H16N4O3/c25-11-10-24-19(26)15-6-3-5-14-17(8-7-16(18(14)15)20(24)27)23-22-12-13-4-1-2-9-21-13/h1-9,12,23,25H,10-11H2/b22-12+. The van der Waals surface area contributed by atoms with E-state index in [0.717, 1.165) is 10.3 Å². The highest BCUT2D eigenvalue weighted by Crippen LogP contribution is 2.34. The van der Waals surface area contributed by atoms with Gasteiger partial charge in [0, 0.05) is 28.1 Å². The van der Waals surface area contributed by atoms with Crippen LogP contribution in [0.3, 0.4) is 0 Å². The summed E-state index contributed by atoms with van der Waals surface area (Å²) in [4.78, 5) is 30.5. The molecule has 0 bridgehead atoms. The van der Waals surface area contributed by atoms with Gasteiger partial charge in [-0.1, -0.05) is 18.2 Å². The monoisotopic (exact) mass is 360 g/mol. The predicted molar refractivity (Wildman–Crippen MR) is 102 cm³/mol. The molecule has 2 aromatic carbocycles. The number of carbonyl (C=O) groups is 2. The lowest BCUT2D eigenvalue weighted by Crippen LogP contribution is -2.41. The molecule has 2 amide bonds. The highest BCUT2D eigenvalue weighted by atomic mass is 16.3. The molecule has 4 rings (SSSR count). The first kappa shape index (κ1) is 16.9. The number of amides is 2. The topological polar surface area (TPSA) is 94.9 Å². The Labute approximate surface area is 155 Å². The zero-order chi connectivity index (χ0) is 18.8. The summed E-state index contributed by atoms with van der Waals surface area (Å²) < 4.78 is 0. The van der Waals surface area contributed by atoms with Gasteiger partial charge in [-0.2, -0.15) is 5.10 Å². The van der Waals surface area contributed by atoms with Gasteiger partial charge < -0.3 is 5.11 Å². The molecule has 7 heteroatoms. The van der Waals surface area contributed by atoms with Crippen molar-refractivity contribution in [3.05, 3.63) is 71.5 Å². The van der Waals surface area contributed by atoms with Crippen molar-refractivity contribution < 1.29 is 14.7 Å². The van der Waals surface area contributed by atoms with Crippen molar-refractivity contribution in [1.29, 1.82) is 0 Å². The summed E-state index contributed by atoms with van der Waals surface area (Å²) in [6, 6.07) is 14.2. The van der Waals surface area contributed by atoms with Crippen LogP contribution in [0.1, 0.15) is 26.4 Å². The van der Waals surface area contributed by atoms with E-state index in [9.17, 15) is 9.59 Å². The van der Waals surface area contributed by atoms with Crippen LogP contribution >= 0.6 is 0 Å². The maximum Gasteiger partial charge on any atom is 0.261 e. The zero-order valence-electron chi connectivity index (χ0n) is 14.3. The SMILES string of the molecule is O=C1c2cccc3c(N/N=C/c4ccccn4)ccc(c23)C(=O)N1CCO. The highest BCUT2D eigenvalue weighted by Gasteiger charge is 2.32. The Kier molecular flexibility index (Phi) is 4.35. The number of carbonyl (C=O) groups excluding carboxylic acids is 2. The van der Waals surface area contributed by atoms with Crippen LogP contribution in [0.2, 0.25) is 0 Å². The molecule has 0 aliphatic carbocycles. The molecule has 0 saturated heterocycles. The summed E-state index contributed by atoms with van der Waals surface area (Å²) in [6.07, 6.45) is 3.27. The van der Waals surface area contributed by atoms with Gasteiger partial charge in [0.05, 0.1) is 30.7 Å². The Morgan fingerprint density at radius 2 is 1.85 bits per heavy atom. The van der Waals surface area contributed by atoms with E-state index in [1.165, 1.54) is 0 Å². The van der Waals surface area contributed by atoms with E-state index >= 15 is 0 Å². The molecule has 0 atom stereocenters. The second-order valence-corrected chi connectivity index (χ2v) is 6.00. The third-order valence-corrected chi connectivity index (χ3v) is 4.38. The number of aliphatic hydroxyl groups is 1. The van der Waals surface area contributed by atoms with Crippen molar-refractivity contribution in [3.63, 3.8) is 0 Å². The van der Waals surface area contributed by atoms with Crippen LogP contribution in [-0.2, 0) is 0 Å². The number of nitrogens with one attached hydrogen (secondary N) is 1. The van der Waals surface area contributed by atoms with E-state index in [2.05, 4.69) is 15.5 Å². The number of pyridine rings is 1. The third kappa shape index (κ3) is 2.94. The van der Waals surface area contributed by atoms with Gasteiger partial charge in [0.15, 0.2) is 0 Å². The van der Waals surface area contributed by atoms with E-state index < -0.39 is 11.8 Å². The van der Waals surface area contributed by atoms with Crippen LogP contribution in [0.4, 0.5) is 5.69 Å². The smallest absolute Gasteiger partial charge is 0.261 e. The first-order chi connectivity index (χ1) is 13.2. The Balaban J connectivity index is 1.74. The molecule has 27 heavy (non-hydrogen) atoms. The van der Waals surface area contributed by atoms with Crippen molar-refractivity contribution in [2.24, 2.45) is 5.10 Å². The molecule has 0 spiro atoms. The summed E-state index contributed by atoms with van der Waals surface area (Å²) in [5.74, 6) is -0.803. The first-order valence-electron chi connectivity index (χ1n) is 8.43. The Bertz CT molecular complexity index is 1040. The average molecular weight is 360 g/mol. The minimum absolute atomic E-state index is 0.0259. The van der Waals surface area contributed by atoms with Crippen LogP contribution < -0.4 is 5.43 Å². The van der Waals surface area contributed by atoms with Gasteiger partial charge in [-0.15, -0.1) is 0 Å². The summed E-state index contributed by atoms with van der Waals surface area (Å²) in [5, 5.41) is 14.7. The minimum atomic E-state index is -0.402. The van der Waals surface area contributed by atoms with E-state index in [4.69, 9.17) is 5.11 Å². The number of aliphatic hydroxyl groups excluding tert-OH is 1. The molecule has 7 nitrogen and oxygen atoms in total. The average Bonchev–Trinajstić information content (AvgIpc) is 2.70. The van der Waals surface area contributed by atoms with Crippen molar-refractivity contribution >= 4 is 34.5 Å². The third-order valence-electron chi connectivity index (χ3n) is 4.38. The highest BCUT2D eigenvalue weighted by molar-refractivity contribution is 6.26. The van der Waals surface area contributed by atoms with Crippen LogP contribution in [0.15, 0.2) is 59.8 Å². The van der Waals surface area contributed by atoms with Crippen molar-refractivity contribution in [2.45, 2.75) is 0 Å². The fraction of sp³-hybridized carbons (Fsp3) is 0.100. The number of rotatable bonds is 5. The number of hydrazone groups is 1. The molecule has 0 unspecified atom stereocenters. The fourth-order valence-corrected chi connectivity index (χ4v) is 3.17. The maximum atomic E-state index is 12.6. The summed E-state index contributed by atoms with van der Waals surface area (Å²) in [5.41, 5.74) is 5.22. The van der Waals surface area contributed by atoms with E-state index in [-0.39, 0.29) is 13.2 Å². The molecule has 0 saturated carbocycles. The number of β-amino-alcohol motifs (C(OH)–C–C–N with tert-alkyl or cyclic N) is 1. The predicted octanol–water partition coefficient (Wildman–Crippen LogP) is 2.27. The van der Waals surface area contributed by atoms with E-state index in [1.807, 2.05) is 24.3 Å². The van der Waals surface area contributed by atoms with Crippen LogP contribution in [-0.4, -0.2) is 46.2 Å². The quantitative estimate of drug-likeness (QED) is 0.413. The molecule has 1 aliphatic rings. The van der Waals surface area contributed by atoms with Crippen molar-refractivity contribution in [2.75, 3.05) is 18.6 Å².